The number of hydrogen-bond acceptors (Lipinski definition) is 4. The van der Waals surface area contributed by atoms with Gasteiger partial charge in [0.25, 0.3) is 0 Å². The molecule has 2 N–H and O–H groups in total. The summed E-state index contributed by atoms with van der Waals surface area (Å²) in [4.78, 5) is 6.87. The third-order valence-electron chi connectivity index (χ3n) is 3.95. The van der Waals surface area contributed by atoms with Crippen LogP contribution in [0.1, 0.15) is 44.6 Å². The zero-order valence-electron chi connectivity index (χ0n) is 12.5. The highest BCUT2D eigenvalue weighted by Gasteiger charge is 2.21. The minimum Gasteiger partial charge on any atom is -0.394 e. The number of rotatable bonds is 6. The van der Waals surface area contributed by atoms with Crippen molar-refractivity contribution in [3.8, 4) is 0 Å². The summed E-state index contributed by atoms with van der Waals surface area (Å²) in [6.07, 6.45) is 7.83. The number of aliphatic hydroxyl groups is 1. The molecule has 1 fully saturated rings. The van der Waals surface area contributed by atoms with Crippen LogP contribution >= 0.6 is 0 Å². The van der Waals surface area contributed by atoms with E-state index in [9.17, 15) is 5.11 Å². The lowest BCUT2D eigenvalue weighted by atomic mass is 10.1. The molecule has 2 heterocycles. The second kappa shape index (κ2) is 8.22. The fourth-order valence-electron chi connectivity index (χ4n) is 2.77. The summed E-state index contributed by atoms with van der Waals surface area (Å²) in [6, 6.07) is 4.47. The Morgan fingerprint density at radius 3 is 2.95 bits per heavy atom. The molecule has 112 valence electrons. The average Bonchev–Trinajstić information content (AvgIpc) is 2.73. The van der Waals surface area contributed by atoms with Crippen LogP contribution in [0.3, 0.4) is 0 Å². The van der Waals surface area contributed by atoms with Gasteiger partial charge in [-0.05, 0) is 37.4 Å². The molecule has 0 spiro atoms. The van der Waals surface area contributed by atoms with Crippen LogP contribution in [0.2, 0.25) is 0 Å². The summed E-state index contributed by atoms with van der Waals surface area (Å²) in [6.45, 7) is 5.32. The van der Waals surface area contributed by atoms with E-state index < -0.39 is 0 Å². The van der Waals surface area contributed by atoms with Crippen LogP contribution in [0.5, 0.6) is 0 Å². The molecule has 0 amide bonds. The molecule has 1 aliphatic rings. The molecule has 1 aromatic heterocycles. The van der Waals surface area contributed by atoms with Crippen LogP contribution in [-0.2, 0) is 6.54 Å². The zero-order chi connectivity index (χ0) is 14.2. The molecule has 0 radical (unpaired) electrons. The summed E-state index contributed by atoms with van der Waals surface area (Å²) in [7, 11) is 0. The molecule has 0 saturated carbocycles. The Hall–Kier alpha value is -1.13. The summed E-state index contributed by atoms with van der Waals surface area (Å²) in [5.74, 6) is 1.00. The van der Waals surface area contributed by atoms with Gasteiger partial charge in [-0.1, -0.05) is 25.8 Å². The Kier molecular flexibility index (Phi) is 6.27. The quantitative estimate of drug-likeness (QED) is 0.784. The van der Waals surface area contributed by atoms with Crippen LogP contribution < -0.4 is 10.2 Å². The second-order valence-electron chi connectivity index (χ2n) is 5.58. The Balaban J connectivity index is 1.99. The first-order valence-electron chi connectivity index (χ1n) is 7.88. The fraction of sp³-hybridized carbons (Fsp3) is 0.688. The number of anilines is 1. The van der Waals surface area contributed by atoms with Crippen molar-refractivity contribution in [2.75, 3.05) is 24.6 Å². The number of nitrogens with one attached hydrogen (secondary N) is 1. The molecule has 1 atom stereocenters. The van der Waals surface area contributed by atoms with E-state index in [-0.39, 0.29) is 12.6 Å². The van der Waals surface area contributed by atoms with Gasteiger partial charge in [0.1, 0.15) is 5.82 Å². The third-order valence-corrected chi connectivity index (χ3v) is 3.95. The Labute approximate surface area is 122 Å². The lowest BCUT2D eigenvalue weighted by Gasteiger charge is -2.29. The number of aliphatic hydroxyl groups excluding tert-OH is 1. The largest absolute Gasteiger partial charge is 0.394 e. The molecule has 0 aromatic carbocycles. The monoisotopic (exact) mass is 277 g/mol. The van der Waals surface area contributed by atoms with Gasteiger partial charge in [-0.25, -0.2) is 4.98 Å². The molecule has 0 aliphatic carbocycles. The molecule has 4 nitrogen and oxygen atoms in total. The van der Waals surface area contributed by atoms with Crippen molar-refractivity contribution in [1.29, 1.82) is 0 Å². The van der Waals surface area contributed by atoms with Crippen LogP contribution in [0, 0.1) is 0 Å². The molecule has 4 heteroatoms. The SMILES string of the molecule is CCCNCc1ccc(N2CCCCCC2CO)nc1. The molecular formula is C16H27N3O. The van der Waals surface area contributed by atoms with E-state index in [0.717, 1.165) is 38.3 Å². The summed E-state index contributed by atoms with van der Waals surface area (Å²) in [5, 5.41) is 13.0. The van der Waals surface area contributed by atoms with Crippen LogP contribution in [0.25, 0.3) is 0 Å². The first-order valence-corrected chi connectivity index (χ1v) is 7.88. The lowest BCUT2D eigenvalue weighted by molar-refractivity contribution is 0.254. The van der Waals surface area contributed by atoms with Crippen molar-refractivity contribution < 1.29 is 5.11 Å². The van der Waals surface area contributed by atoms with Crippen molar-refractivity contribution in [3.05, 3.63) is 23.9 Å². The van der Waals surface area contributed by atoms with Gasteiger partial charge in [-0.2, -0.15) is 0 Å². The maximum absolute atomic E-state index is 9.57. The average molecular weight is 277 g/mol. The smallest absolute Gasteiger partial charge is 0.128 e. The van der Waals surface area contributed by atoms with Gasteiger partial charge in [0, 0.05) is 19.3 Å². The van der Waals surface area contributed by atoms with Gasteiger partial charge in [-0.15, -0.1) is 0 Å². The van der Waals surface area contributed by atoms with Gasteiger partial charge < -0.3 is 15.3 Å². The van der Waals surface area contributed by atoms with E-state index in [0.29, 0.717) is 0 Å². The molecule has 1 aliphatic heterocycles. The molecule has 0 bridgehead atoms. The normalized spacial score (nSPS) is 19.9. The Morgan fingerprint density at radius 1 is 1.35 bits per heavy atom. The molecule has 1 unspecified atom stereocenters. The highest BCUT2D eigenvalue weighted by molar-refractivity contribution is 5.41. The number of nitrogens with zero attached hydrogens (tertiary/aromatic N) is 2. The molecule has 1 saturated heterocycles. The van der Waals surface area contributed by atoms with Crippen LogP contribution in [0.4, 0.5) is 5.82 Å². The number of aromatic nitrogens is 1. The van der Waals surface area contributed by atoms with Gasteiger partial charge in [0.2, 0.25) is 0 Å². The van der Waals surface area contributed by atoms with E-state index in [1.54, 1.807) is 0 Å². The third kappa shape index (κ3) is 4.18. The first-order chi connectivity index (χ1) is 9.85. The molecule has 1 aromatic rings. The van der Waals surface area contributed by atoms with Crippen molar-refractivity contribution in [2.24, 2.45) is 0 Å². The summed E-state index contributed by atoms with van der Waals surface area (Å²) >= 11 is 0. The van der Waals surface area contributed by atoms with E-state index in [1.165, 1.54) is 24.8 Å². The van der Waals surface area contributed by atoms with Crippen molar-refractivity contribution in [3.63, 3.8) is 0 Å². The summed E-state index contributed by atoms with van der Waals surface area (Å²) in [5.41, 5.74) is 1.22. The number of pyridine rings is 1. The maximum Gasteiger partial charge on any atom is 0.128 e. The first kappa shape index (κ1) is 15.3. The molecule has 20 heavy (non-hydrogen) atoms. The van der Waals surface area contributed by atoms with E-state index in [1.807, 2.05) is 6.20 Å². The van der Waals surface area contributed by atoms with Gasteiger partial charge in [0.15, 0.2) is 0 Å². The molecular weight excluding hydrogens is 250 g/mol. The van der Waals surface area contributed by atoms with Gasteiger partial charge in [0.05, 0.1) is 12.6 Å². The zero-order valence-corrected chi connectivity index (χ0v) is 12.5. The van der Waals surface area contributed by atoms with Crippen molar-refractivity contribution >= 4 is 5.82 Å². The van der Waals surface area contributed by atoms with Crippen LogP contribution in [-0.4, -0.2) is 35.8 Å². The Bertz CT molecular complexity index is 380. The maximum atomic E-state index is 9.57. The van der Waals surface area contributed by atoms with E-state index in [2.05, 4.69) is 34.3 Å². The lowest BCUT2D eigenvalue weighted by Crippen LogP contribution is -2.38. The Morgan fingerprint density at radius 2 is 2.25 bits per heavy atom. The standard InChI is InChI=1S/C16H27N3O/c1-2-9-17-11-14-7-8-16(18-12-14)19-10-5-3-4-6-15(19)13-20/h7-8,12,15,17,20H,2-6,9-11,13H2,1H3. The topological polar surface area (TPSA) is 48.4 Å². The predicted octanol–water partition coefficient (Wildman–Crippen LogP) is 2.32. The number of hydrogen-bond donors (Lipinski definition) is 2. The fourth-order valence-corrected chi connectivity index (χ4v) is 2.77. The van der Waals surface area contributed by atoms with Gasteiger partial charge >= 0.3 is 0 Å². The van der Waals surface area contributed by atoms with Crippen LogP contribution in [0.15, 0.2) is 18.3 Å². The van der Waals surface area contributed by atoms with Gasteiger partial charge in [-0.3, -0.25) is 0 Å². The van der Waals surface area contributed by atoms with Crippen molar-refractivity contribution in [1.82, 2.24) is 10.3 Å². The highest BCUT2D eigenvalue weighted by Crippen LogP contribution is 2.22. The predicted molar refractivity (Wildman–Crippen MR) is 82.9 cm³/mol. The minimum atomic E-state index is 0.224. The minimum absolute atomic E-state index is 0.224. The molecule has 2 rings (SSSR count). The van der Waals surface area contributed by atoms with E-state index in [4.69, 9.17) is 0 Å². The summed E-state index contributed by atoms with van der Waals surface area (Å²) < 4.78 is 0. The van der Waals surface area contributed by atoms with Crippen molar-refractivity contribution in [2.45, 2.75) is 51.6 Å². The van der Waals surface area contributed by atoms with E-state index >= 15 is 0 Å². The highest BCUT2D eigenvalue weighted by atomic mass is 16.3. The second-order valence-corrected chi connectivity index (χ2v) is 5.58.